The number of amides is 1. The van der Waals surface area contributed by atoms with Gasteiger partial charge in [0.15, 0.2) is 12.0 Å². The largest absolute Gasteiger partial charge is 0.369 e. The number of aliphatic hydroxyl groups is 1. The molecule has 3 aromatic rings. The van der Waals surface area contributed by atoms with Crippen LogP contribution in [-0.2, 0) is 4.79 Å². The molecule has 2 aromatic heterocycles. The van der Waals surface area contributed by atoms with Gasteiger partial charge in [-0.1, -0.05) is 30.3 Å². The summed E-state index contributed by atoms with van der Waals surface area (Å²) >= 11 is 0. The predicted molar refractivity (Wildman–Crippen MR) is 113 cm³/mol. The van der Waals surface area contributed by atoms with Gasteiger partial charge in [-0.15, -0.1) is 0 Å². The Labute approximate surface area is 174 Å². The fraction of sp³-hybridized carbons (Fsp3) is 0.273. The monoisotopic (exact) mass is 402 g/mol. The summed E-state index contributed by atoms with van der Waals surface area (Å²) in [5, 5.41) is 11.2. The van der Waals surface area contributed by atoms with Crippen molar-refractivity contribution >= 4 is 23.4 Å². The Hall–Kier alpha value is -3.52. The molecule has 2 aliphatic heterocycles. The zero-order valence-corrected chi connectivity index (χ0v) is 17.0. The van der Waals surface area contributed by atoms with E-state index in [1.54, 1.807) is 35.4 Å². The van der Waals surface area contributed by atoms with Gasteiger partial charge in [-0.3, -0.25) is 14.7 Å². The lowest BCUT2D eigenvalue weighted by atomic mass is 9.99. The summed E-state index contributed by atoms with van der Waals surface area (Å²) in [6, 6.07) is 11.1. The van der Waals surface area contributed by atoms with Gasteiger partial charge in [0, 0.05) is 32.1 Å². The normalized spacial score (nSPS) is 22.9. The average Bonchev–Trinajstić information content (AvgIpc) is 3.09. The number of hydrogen-bond donors (Lipinski definition) is 1. The quantitative estimate of drug-likeness (QED) is 0.704. The number of aromatic nitrogens is 3. The number of fused-ring (bicyclic) bond motifs is 2. The summed E-state index contributed by atoms with van der Waals surface area (Å²) in [5.41, 5.74) is 3.40. The molecule has 1 aromatic carbocycles. The zero-order valence-electron chi connectivity index (χ0n) is 17.0. The number of carbonyl (C=O) groups excluding carboxylic acids is 1. The number of rotatable bonds is 2. The van der Waals surface area contributed by atoms with Crippen LogP contribution in [0.3, 0.4) is 0 Å². The highest BCUT2D eigenvalue weighted by atomic mass is 16.3. The fourth-order valence-corrected chi connectivity index (χ4v) is 4.26. The molecule has 2 aliphatic rings. The molecule has 30 heavy (non-hydrogen) atoms. The maximum atomic E-state index is 12.4. The topological polar surface area (TPSA) is 85.7 Å². The van der Waals surface area contributed by atoms with Crippen molar-refractivity contribution in [1.29, 1.82) is 0 Å². The van der Waals surface area contributed by atoms with E-state index < -0.39 is 6.23 Å². The number of carbonyl (C=O) groups is 1. The van der Waals surface area contributed by atoms with E-state index in [9.17, 15) is 9.90 Å². The van der Waals surface area contributed by atoms with Crippen LogP contribution in [0.4, 0.5) is 17.5 Å². The van der Waals surface area contributed by atoms with E-state index in [2.05, 4.69) is 9.97 Å². The summed E-state index contributed by atoms with van der Waals surface area (Å²) < 4.78 is 0. The maximum absolute atomic E-state index is 12.4. The van der Waals surface area contributed by atoms with Gasteiger partial charge in [0.1, 0.15) is 11.7 Å². The van der Waals surface area contributed by atoms with Gasteiger partial charge in [0.05, 0.1) is 12.2 Å². The van der Waals surface area contributed by atoms with Gasteiger partial charge in [-0.05, 0) is 24.1 Å². The molecule has 2 unspecified atom stereocenters. The SMILES string of the molecule is C[C@@H]1C(=O)N(C)c2cnc(N3C(O)c4ccccc4C3c3cccnc3)nc2N1C. The van der Waals surface area contributed by atoms with Gasteiger partial charge < -0.3 is 14.9 Å². The van der Waals surface area contributed by atoms with Crippen LogP contribution in [0.15, 0.2) is 55.0 Å². The molecule has 1 amide bonds. The van der Waals surface area contributed by atoms with Crippen LogP contribution >= 0.6 is 0 Å². The molecule has 4 heterocycles. The van der Waals surface area contributed by atoms with E-state index in [1.165, 1.54) is 0 Å². The summed E-state index contributed by atoms with van der Waals surface area (Å²) in [6.07, 6.45) is 4.28. The second-order valence-electron chi connectivity index (χ2n) is 7.66. The van der Waals surface area contributed by atoms with Crippen LogP contribution < -0.4 is 14.7 Å². The summed E-state index contributed by atoms with van der Waals surface area (Å²) in [4.78, 5) is 31.3. The van der Waals surface area contributed by atoms with Crippen molar-refractivity contribution < 1.29 is 9.90 Å². The molecule has 3 atom stereocenters. The van der Waals surface area contributed by atoms with Crippen LogP contribution in [-0.4, -0.2) is 46.1 Å². The van der Waals surface area contributed by atoms with Crippen molar-refractivity contribution in [2.75, 3.05) is 28.8 Å². The lowest BCUT2D eigenvalue weighted by molar-refractivity contribution is -0.119. The minimum absolute atomic E-state index is 0.0109. The molecule has 1 N–H and O–H groups in total. The van der Waals surface area contributed by atoms with Gasteiger partial charge >= 0.3 is 0 Å². The Morgan fingerprint density at radius 3 is 2.53 bits per heavy atom. The number of aliphatic hydroxyl groups excluding tert-OH is 1. The van der Waals surface area contributed by atoms with Gasteiger partial charge in [-0.25, -0.2) is 4.98 Å². The molecule has 8 nitrogen and oxygen atoms in total. The van der Waals surface area contributed by atoms with Gasteiger partial charge in [0.2, 0.25) is 11.9 Å². The van der Waals surface area contributed by atoms with E-state index in [4.69, 9.17) is 4.98 Å². The molecule has 0 saturated carbocycles. The number of likely N-dealkylation sites (N-methyl/N-ethyl adjacent to an activating group) is 2. The lowest BCUT2D eigenvalue weighted by Gasteiger charge is -2.37. The van der Waals surface area contributed by atoms with Crippen molar-refractivity contribution in [3.05, 3.63) is 71.7 Å². The third-order valence-electron chi connectivity index (χ3n) is 6.04. The van der Waals surface area contributed by atoms with Crippen LogP contribution in [0.25, 0.3) is 0 Å². The molecular formula is C22H22N6O2. The first-order chi connectivity index (χ1) is 14.5. The average molecular weight is 402 g/mol. The summed E-state index contributed by atoms with van der Waals surface area (Å²) in [6.45, 7) is 1.85. The lowest BCUT2D eigenvalue weighted by Crippen LogP contribution is -2.49. The standard InChI is InChI=1S/C22H22N6O2/c1-13-20(29)27(3)17-12-24-22(25-19(17)26(13)2)28-18(14-7-6-10-23-11-14)15-8-4-5-9-16(15)21(28)30/h4-13,18,21,30H,1-3H3/t13-,18?,21?/m1/s1. The molecule has 0 spiro atoms. The highest BCUT2D eigenvalue weighted by Gasteiger charge is 2.41. The van der Waals surface area contributed by atoms with Crippen LogP contribution in [0.1, 0.15) is 35.9 Å². The highest BCUT2D eigenvalue weighted by molar-refractivity contribution is 6.03. The Morgan fingerprint density at radius 2 is 1.80 bits per heavy atom. The Balaban J connectivity index is 1.66. The van der Waals surface area contributed by atoms with Gasteiger partial charge in [0.25, 0.3) is 0 Å². The fourth-order valence-electron chi connectivity index (χ4n) is 4.26. The van der Waals surface area contributed by atoms with E-state index in [-0.39, 0.29) is 18.0 Å². The maximum Gasteiger partial charge on any atom is 0.249 e. The van der Waals surface area contributed by atoms with Crippen molar-refractivity contribution in [2.45, 2.75) is 25.2 Å². The molecule has 0 saturated heterocycles. The molecule has 5 rings (SSSR count). The molecule has 0 aliphatic carbocycles. The van der Waals surface area contributed by atoms with E-state index >= 15 is 0 Å². The molecule has 0 fully saturated rings. The second-order valence-corrected chi connectivity index (χ2v) is 7.66. The minimum Gasteiger partial charge on any atom is -0.369 e. The molecule has 0 bridgehead atoms. The smallest absolute Gasteiger partial charge is 0.249 e. The van der Waals surface area contributed by atoms with Crippen LogP contribution in [0, 0.1) is 0 Å². The van der Waals surface area contributed by atoms with E-state index in [0.717, 1.165) is 16.7 Å². The number of hydrogen-bond acceptors (Lipinski definition) is 7. The number of pyridine rings is 1. The van der Waals surface area contributed by atoms with Crippen LogP contribution in [0.5, 0.6) is 0 Å². The second kappa shape index (κ2) is 6.77. The van der Waals surface area contributed by atoms with Gasteiger partial charge in [-0.2, -0.15) is 4.98 Å². The van der Waals surface area contributed by atoms with Crippen molar-refractivity contribution in [1.82, 2.24) is 15.0 Å². The summed E-state index contributed by atoms with van der Waals surface area (Å²) in [5.74, 6) is 1.04. The summed E-state index contributed by atoms with van der Waals surface area (Å²) in [7, 11) is 3.58. The molecular weight excluding hydrogens is 380 g/mol. The van der Waals surface area contributed by atoms with E-state index in [0.29, 0.717) is 17.5 Å². The molecule has 0 radical (unpaired) electrons. The number of benzene rings is 1. The first kappa shape index (κ1) is 18.5. The molecule has 152 valence electrons. The van der Waals surface area contributed by atoms with Crippen molar-refractivity contribution in [2.24, 2.45) is 0 Å². The zero-order chi connectivity index (χ0) is 21.0. The van der Waals surface area contributed by atoms with Crippen molar-refractivity contribution in [3.8, 4) is 0 Å². The number of nitrogens with zero attached hydrogens (tertiary/aromatic N) is 6. The highest BCUT2D eigenvalue weighted by Crippen LogP contribution is 2.46. The van der Waals surface area contributed by atoms with Crippen molar-refractivity contribution in [3.63, 3.8) is 0 Å². The Kier molecular flexibility index (Phi) is 4.18. The third-order valence-corrected chi connectivity index (χ3v) is 6.04. The predicted octanol–water partition coefficient (Wildman–Crippen LogP) is 2.27. The Bertz CT molecular complexity index is 1120. The Morgan fingerprint density at radius 1 is 1.03 bits per heavy atom. The van der Waals surface area contributed by atoms with E-state index in [1.807, 2.05) is 55.3 Å². The van der Waals surface area contributed by atoms with Crippen LogP contribution in [0.2, 0.25) is 0 Å². The number of anilines is 3. The third kappa shape index (κ3) is 2.57. The first-order valence-corrected chi connectivity index (χ1v) is 9.81. The molecule has 8 heteroatoms. The first-order valence-electron chi connectivity index (χ1n) is 9.81. The minimum atomic E-state index is -0.893.